The van der Waals surface area contributed by atoms with Gasteiger partial charge in [-0.1, -0.05) is 0 Å². The Balaban J connectivity index is 1.76. The average Bonchev–Trinajstić information content (AvgIpc) is 3.25. The van der Waals surface area contributed by atoms with E-state index in [0.29, 0.717) is 5.76 Å². The van der Waals surface area contributed by atoms with Gasteiger partial charge in [0.25, 0.3) is 6.43 Å². The van der Waals surface area contributed by atoms with E-state index in [1.54, 1.807) is 12.1 Å². The molecular weight excluding hydrogens is 440 g/mol. The minimum Gasteiger partial charge on any atom is -0.458 e. The van der Waals surface area contributed by atoms with Gasteiger partial charge in [0.15, 0.2) is 0 Å². The molecule has 3 aromatic rings. The van der Waals surface area contributed by atoms with Gasteiger partial charge in [0.1, 0.15) is 22.5 Å². The zero-order chi connectivity index (χ0) is 18.8. The van der Waals surface area contributed by atoms with E-state index in [1.807, 2.05) is 0 Å². The number of rotatable bonds is 6. The molecule has 0 spiro atoms. The number of H-pyrrole nitrogens is 1. The van der Waals surface area contributed by atoms with E-state index in [9.17, 15) is 18.9 Å². The summed E-state index contributed by atoms with van der Waals surface area (Å²) in [6.45, 7) is 0.133. The minimum absolute atomic E-state index is 0.0861. The lowest BCUT2D eigenvalue weighted by atomic mass is 10.4. The topological polar surface area (TPSA) is 120 Å². The minimum atomic E-state index is -2.85. The summed E-state index contributed by atoms with van der Waals surface area (Å²) in [4.78, 5) is 10.2. The highest BCUT2D eigenvalue weighted by molar-refractivity contribution is 9.10. The van der Waals surface area contributed by atoms with Gasteiger partial charge >= 0.3 is 5.82 Å². The van der Waals surface area contributed by atoms with Crippen LogP contribution >= 0.6 is 28.1 Å². The molecule has 0 fully saturated rings. The summed E-state index contributed by atoms with van der Waals surface area (Å²) in [5, 5.41) is 24.0. The van der Waals surface area contributed by atoms with Crippen LogP contribution in [-0.4, -0.2) is 35.8 Å². The van der Waals surface area contributed by atoms with Crippen LogP contribution in [0.4, 0.5) is 14.6 Å². The number of hydrogen-bond acceptors (Lipinski definition) is 7. The molecule has 0 bridgehead atoms. The fourth-order valence-corrected chi connectivity index (χ4v) is 2.62. The Bertz CT molecular complexity index is 1040. The Morgan fingerprint density at radius 3 is 2.96 bits per heavy atom. The van der Waals surface area contributed by atoms with Gasteiger partial charge in [-0.05, 0) is 45.2 Å². The summed E-state index contributed by atoms with van der Waals surface area (Å²) in [5.74, 6) is -0.232. The number of aromatic nitrogens is 5. The molecule has 26 heavy (non-hydrogen) atoms. The Kier molecular flexibility index (Phi) is 5.03. The first kappa shape index (κ1) is 18.1. The van der Waals surface area contributed by atoms with E-state index in [-0.39, 0.29) is 27.4 Å². The van der Waals surface area contributed by atoms with E-state index in [1.165, 1.54) is 17.1 Å². The molecule has 3 heterocycles. The van der Waals surface area contributed by atoms with E-state index < -0.39 is 17.2 Å². The lowest BCUT2D eigenvalue weighted by Gasteiger charge is -1.97. The first-order valence-corrected chi connectivity index (χ1v) is 8.01. The fraction of sp³-hybridized carbons (Fsp3) is 0.167. The second kappa shape index (κ2) is 7.25. The third-order valence-corrected chi connectivity index (χ3v) is 3.87. The molecular formula is C12H8BrF2N7O3S. The maximum absolute atomic E-state index is 12.8. The van der Waals surface area contributed by atoms with Crippen LogP contribution in [0.15, 0.2) is 32.3 Å². The van der Waals surface area contributed by atoms with Crippen molar-refractivity contribution in [3.05, 3.63) is 55.0 Å². The monoisotopic (exact) mass is 447 g/mol. The van der Waals surface area contributed by atoms with Crippen LogP contribution in [0.2, 0.25) is 0 Å². The number of nitrogens with one attached hydrogen (secondary N) is 1. The highest BCUT2D eigenvalue weighted by Gasteiger charge is 2.19. The molecule has 0 radical (unpaired) electrons. The van der Waals surface area contributed by atoms with Crippen LogP contribution in [-0.2, 0) is 6.54 Å². The largest absolute Gasteiger partial charge is 0.458 e. The van der Waals surface area contributed by atoms with E-state index in [2.05, 4.69) is 36.3 Å². The van der Waals surface area contributed by atoms with Crippen molar-refractivity contribution < 1.29 is 18.1 Å². The van der Waals surface area contributed by atoms with Crippen LogP contribution < -0.4 is 0 Å². The zero-order valence-electron chi connectivity index (χ0n) is 12.5. The molecule has 10 nitrogen and oxygen atoms in total. The standard InChI is InChI=1S/C12H8BrF2N7O3S/c13-8-5-20(19-10(8)22(23)24)4-7-2-1-6(25-7)3-16-21-11(9(14)15)17-18-12(21)26/h1-3,5,9H,4H2,(H,18,26). The highest BCUT2D eigenvalue weighted by atomic mass is 79.9. The maximum atomic E-state index is 12.8. The summed E-state index contributed by atoms with van der Waals surface area (Å²) in [6.07, 6.45) is -0.211. The van der Waals surface area contributed by atoms with Crippen molar-refractivity contribution in [3.63, 3.8) is 0 Å². The number of nitrogens with zero attached hydrogens (tertiary/aromatic N) is 6. The quantitative estimate of drug-likeness (QED) is 0.268. The molecule has 136 valence electrons. The summed E-state index contributed by atoms with van der Waals surface area (Å²) in [6, 6.07) is 3.16. The molecule has 0 saturated heterocycles. The van der Waals surface area contributed by atoms with Crippen LogP contribution in [0.1, 0.15) is 23.8 Å². The van der Waals surface area contributed by atoms with E-state index in [4.69, 9.17) is 16.6 Å². The average molecular weight is 448 g/mol. The van der Waals surface area contributed by atoms with Gasteiger partial charge in [-0.25, -0.2) is 13.9 Å². The maximum Gasteiger partial charge on any atom is 0.404 e. The molecule has 0 aromatic carbocycles. The van der Waals surface area contributed by atoms with Crippen molar-refractivity contribution in [1.29, 1.82) is 0 Å². The van der Waals surface area contributed by atoms with Gasteiger partial charge in [-0.2, -0.15) is 19.6 Å². The van der Waals surface area contributed by atoms with Gasteiger partial charge in [0, 0.05) is 0 Å². The highest BCUT2D eigenvalue weighted by Crippen LogP contribution is 2.22. The summed E-state index contributed by atoms with van der Waals surface area (Å²) in [7, 11) is 0. The van der Waals surface area contributed by atoms with Crippen molar-refractivity contribution in [2.75, 3.05) is 0 Å². The normalized spacial score (nSPS) is 11.7. The molecule has 14 heteroatoms. The smallest absolute Gasteiger partial charge is 0.404 e. The van der Waals surface area contributed by atoms with Crippen molar-refractivity contribution in [3.8, 4) is 0 Å². The Morgan fingerprint density at radius 1 is 1.54 bits per heavy atom. The second-order valence-corrected chi connectivity index (χ2v) is 6.04. The second-order valence-electron chi connectivity index (χ2n) is 4.80. The molecule has 0 aliphatic carbocycles. The number of furan rings is 1. The lowest BCUT2D eigenvalue weighted by molar-refractivity contribution is -0.390. The molecule has 0 aliphatic rings. The van der Waals surface area contributed by atoms with Crippen LogP contribution in [0.25, 0.3) is 0 Å². The molecule has 0 unspecified atom stereocenters. The van der Waals surface area contributed by atoms with E-state index in [0.717, 1.165) is 4.68 Å². The Labute approximate surface area is 156 Å². The van der Waals surface area contributed by atoms with Crippen LogP contribution in [0.5, 0.6) is 0 Å². The third-order valence-electron chi connectivity index (χ3n) is 3.04. The van der Waals surface area contributed by atoms with Crippen LogP contribution in [0.3, 0.4) is 0 Å². The molecule has 3 aromatic heterocycles. The molecule has 0 saturated carbocycles. The zero-order valence-corrected chi connectivity index (χ0v) is 14.9. The molecule has 0 amide bonds. The number of alkyl halides is 2. The molecule has 3 rings (SSSR count). The number of hydrogen-bond donors (Lipinski definition) is 1. The number of nitro groups is 1. The van der Waals surface area contributed by atoms with Gasteiger partial charge in [-0.3, -0.25) is 0 Å². The summed E-state index contributed by atoms with van der Waals surface area (Å²) >= 11 is 7.88. The van der Waals surface area contributed by atoms with Crippen molar-refractivity contribution in [2.24, 2.45) is 5.10 Å². The van der Waals surface area contributed by atoms with Gasteiger partial charge in [0.05, 0.1) is 17.5 Å². The van der Waals surface area contributed by atoms with Crippen molar-refractivity contribution in [2.45, 2.75) is 13.0 Å². The van der Waals surface area contributed by atoms with E-state index >= 15 is 0 Å². The first-order valence-electron chi connectivity index (χ1n) is 6.81. The molecule has 1 N–H and O–H groups in total. The Morgan fingerprint density at radius 2 is 2.31 bits per heavy atom. The third kappa shape index (κ3) is 3.75. The fourth-order valence-electron chi connectivity index (χ4n) is 1.97. The summed E-state index contributed by atoms with van der Waals surface area (Å²) in [5.41, 5.74) is 0. The van der Waals surface area contributed by atoms with Gasteiger partial charge in [-0.15, -0.1) is 0 Å². The number of aromatic amines is 1. The lowest BCUT2D eigenvalue weighted by Crippen LogP contribution is -2.00. The van der Waals surface area contributed by atoms with Gasteiger partial charge in [0.2, 0.25) is 10.6 Å². The van der Waals surface area contributed by atoms with Crippen molar-refractivity contribution >= 4 is 40.2 Å². The number of halogens is 3. The summed E-state index contributed by atoms with van der Waals surface area (Å²) < 4.78 is 33.3. The van der Waals surface area contributed by atoms with Crippen LogP contribution in [0, 0.1) is 14.9 Å². The molecule has 0 atom stereocenters. The SMILES string of the molecule is O=[N+]([O-])c1nn(Cc2ccc(C=Nn3c(C(F)F)n[nH]c3=S)o2)cc1Br. The first-order chi connectivity index (χ1) is 12.3. The predicted molar refractivity (Wildman–Crippen MR) is 89.8 cm³/mol. The predicted octanol–water partition coefficient (Wildman–Crippen LogP) is 3.27. The Hall–Kier alpha value is -2.74. The van der Waals surface area contributed by atoms with Gasteiger partial charge < -0.3 is 14.5 Å². The van der Waals surface area contributed by atoms with Crippen molar-refractivity contribution in [1.82, 2.24) is 24.7 Å². The molecule has 0 aliphatic heterocycles.